The van der Waals surface area contributed by atoms with Crippen molar-refractivity contribution < 1.29 is 14.3 Å². The minimum atomic E-state index is -0.600. The number of rotatable bonds is 2. The summed E-state index contributed by atoms with van der Waals surface area (Å²) < 4.78 is 5.12. The summed E-state index contributed by atoms with van der Waals surface area (Å²) in [5, 5.41) is 4.74. The largest absolute Gasteiger partial charge is 0.496 e. The average molecular weight is 220 g/mol. The molecule has 1 unspecified atom stereocenters. The third-order valence-corrected chi connectivity index (χ3v) is 2.53. The monoisotopic (exact) mass is 220 g/mol. The maximum absolute atomic E-state index is 11.4. The Labute approximate surface area is 92.8 Å². The summed E-state index contributed by atoms with van der Waals surface area (Å²) in [6.45, 7) is 1.89. The first-order valence-electron chi connectivity index (χ1n) is 4.87. The lowest BCUT2D eigenvalue weighted by Crippen LogP contribution is -2.22. The molecule has 1 aromatic rings. The highest BCUT2D eigenvalue weighted by molar-refractivity contribution is 6.04. The lowest BCUT2D eigenvalue weighted by molar-refractivity contribution is -0.120. The first-order valence-corrected chi connectivity index (χ1v) is 4.87. The Bertz CT molecular complexity index is 457. The number of benzene rings is 1. The molecule has 1 heterocycles. The van der Waals surface area contributed by atoms with Gasteiger partial charge in [-0.3, -0.25) is 10.1 Å². The molecule has 0 radical (unpaired) electrons. The van der Waals surface area contributed by atoms with Crippen molar-refractivity contribution in [3.05, 3.63) is 29.3 Å². The lowest BCUT2D eigenvalue weighted by atomic mass is 10.0. The molecular weight excluding hydrogens is 208 g/mol. The second kappa shape index (κ2) is 3.84. The molecule has 2 rings (SSSR count). The fourth-order valence-corrected chi connectivity index (χ4v) is 1.73. The van der Waals surface area contributed by atoms with Gasteiger partial charge < -0.3 is 10.1 Å². The van der Waals surface area contributed by atoms with Gasteiger partial charge in [0.15, 0.2) is 0 Å². The van der Waals surface area contributed by atoms with E-state index in [-0.39, 0.29) is 5.91 Å². The Hall–Kier alpha value is -2.04. The Morgan fingerprint density at radius 3 is 2.56 bits per heavy atom. The Morgan fingerprint density at radius 1 is 1.31 bits per heavy atom. The Kier molecular flexibility index (Phi) is 2.52. The van der Waals surface area contributed by atoms with E-state index in [0.29, 0.717) is 0 Å². The summed E-state index contributed by atoms with van der Waals surface area (Å²) in [5.41, 5.74) is 1.68. The number of carbonyl (C=O) groups is 2. The minimum absolute atomic E-state index is 0.324. The fourth-order valence-electron chi connectivity index (χ4n) is 1.73. The predicted molar refractivity (Wildman–Crippen MR) is 57.1 cm³/mol. The zero-order valence-corrected chi connectivity index (χ0v) is 9.03. The van der Waals surface area contributed by atoms with Crippen LogP contribution in [0.25, 0.3) is 0 Å². The molecule has 1 aromatic carbocycles. The number of hydrogen-bond donors (Lipinski definition) is 2. The van der Waals surface area contributed by atoms with Gasteiger partial charge in [0.1, 0.15) is 11.8 Å². The molecule has 0 aromatic heterocycles. The SMILES string of the molecule is COc1ccc(C2NC(=O)NC2=O)cc1C. The van der Waals surface area contributed by atoms with Gasteiger partial charge >= 0.3 is 6.03 Å². The lowest BCUT2D eigenvalue weighted by Gasteiger charge is -2.10. The third-order valence-electron chi connectivity index (χ3n) is 2.53. The highest BCUT2D eigenvalue weighted by Gasteiger charge is 2.30. The summed E-state index contributed by atoms with van der Waals surface area (Å²) >= 11 is 0. The number of urea groups is 1. The molecule has 1 aliphatic rings. The zero-order valence-electron chi connectivity index (χ0n) is 9.03. The van der Waals surface area contributed by atoms with Gasteiger partial charge in [0, 0.05) is 0 Å². The molecule has 5 nitrogen and oxygen atoms in total. The second-order valence-corrected chi connectivity index (χ2v) is 3.62. The van der Waals surface area contributed by atoms with Crippen LogP contribution in [0.3, 0.4) is 0 Å². The number of ether oxygens (including phenoxy) is 1. The molecule has 0 saturated carbocycles. The van der Waals surface area contributed by atoms with E-state index in [1.54, 1.807) is 19.2 Å². The summed E-state index contributed by atoms with van der Waals surface area (Å²) in [7, 11) is 1.59. The molecule has 1 atom stereocenters. The molecular formula is C11H12N2O3. The van der Waals surface area contributed by atoms with Crippen molar-refractivity contribution >= 4 is 11.9 Å². The predicted octanol–water partition coefficient (Wildman–Crippen LogP) is 0.884. The average Bonchev–Trinajstić information content (AvgIpc) is 2.58. The number of carbonyl (C=O) groups excluding carboxylic acids is 2. The van der Waals surface area contributed by atoms with E-state index in [4.69, 9.17) is 4.74 Å². The molecule has 3 amide bonds. The molecule has 0 aliphatic carbocycles. The van der Waals surface area contributed by atoms with Gasteiger partial charge in [-0.05, 0) is 30.2 Å². The number of aryl methyl sites for hydroxylation is 1. The zero-order chi connectivity index (χ0) is 11.7. The van der Waals surface area contributed by atoms with E-state index in [1.807, 2.05) is 13.0 Å². The number of nitrogens with one attached hydrogen (secondary N) is 2. The van der Waals surface area contributed by atoms with Crippen LogP contribution < -0.4 is 15.4 Å². The standard InChI is InChI=1S/C11H12N2O3/c1-6-5-7(3-4-8(6)16-2)9-10(14)13-11(15)12-9/h3-5,9H,1-2H3,(H2,12,13,14,15). The summed E-state index contributed by atoms with van der Waals surface area (Å²) in [6, 6.07) is 4.32. The molecule has 2 N–H and O–H groups in total. The topological polar surface area (TPSA) is 67.4 Å². The Balaban J connectivity index is 2.31. The van der Waals surface area contributed by atoms with E-state index >= 15 is 0 Å². The maximum Gasteiger partial charge on any atom is 0.322 e. The molecule has 1 saturated heterocycles. The molecule has 1 fully saturated rings. The van der Waals surface area contributed by atoms with Crippen LogP contribution in [0.2, 0.25) is 0 Å². The van der Waals surface area contributed by atoms with E-state index in [1.165, 1.54) is 0 Å². The highest BCUT2D eigenvalue weighted by Crippen LogP contribution is 2.23. The first-order chi connectivity index (χ1) is 7.61. The van der Waals surface area contributed by atoms with E-state index in [9.17, 15) is 9.59 Å². The highest BCUT2D eigenvalue weighted by atomic mass is 16.5. The molecule has 84 valence electrons. The molecule has 0 spiro atoms. The van der Waals surface area contributed by atoms with Crippen molar-refractivity contribution in [2.75, 3.05) is 7.11 Å². The van der Waals surface area contributed by atoms with Crippen molar-refractivity contribution in [2.45, 2.75) is 13.0 Å². The van der Waals surface area contributed by atoms with Crippen LogP contribution in [-0.2, 0) is 4.79 Å². The third kappa shape index (κ3) is 1.71. The normalized spacial score (nSPS) is 19.2. The van der Waals surface area contributed by atoms with Gasteiger partial charge in [-0.15, -0.1) is 0 Å². The van der Waals surface area contributed by atoms with E-state index < -0.39 is 12.1 Å². The van der Waals surface area contributed by atoms with E-state index in [2.05, 4.69) is 10.6 Å². The van der Waals surface area contributed by atoms with Crippen molar-refractivity contribution in [3.63, 3.8) is 0 Å². The van der Waals surface area contributed by atoms with Gasteiger partial charge in [-0.1, -0.05) is 6.07 Å². The van der Waals surface area contributed by atoms with E-state index in [0.717, 1.165) is 16.9 Å². The number of methoxy groups -OCH3 is 1. The van der Waals surface area contributed by atoms with Gasteiger partial charge in [0.05, 0.1) is 7.11 Å². The summed E-state index contributed by atoms with van der Waals surface area (Å²) in [4.78, 5) is 22.4. The van der Waals surface area contributed by atoms with Crippen LogP contribution in [0.1, 0.15) is 17.2 Å². The number of hydrogen-bond acceptors (Lipinski definition) is 3. The van der Waals surface area contributed by atoms with Gasteiger partial charge in [-0.25, -0.2) is 4.79 Å². The van der Waals surface area contributed by atoms with Gasteiger partial charge in [-0.2, -0.15) is 0 Å². The quantitative estimate of drug-likeness (QED) is 0.727. The van der Waals surface area contributed by atoms with Crippen molar-refractivity contribution in [1.82, 2.24) is 10.6 Å². The van der Waals surface area contributed by atoms with Crippen molar-refractivity contribution in [1.29, 1.82) is 0 Å². The molecule has 0 bridgehead atoms. The second-order valence-electron chi connectivity index (χ2n) is 3.62. The smallest absolute Gasteiger partial charge is 0.322 e. The molecule has 16 heavy (non-hydrogen) atoms. The van der Waals surface area contributed by atoms with Crippen LogP contribution in [0.4, 0.5) is 4.79 Å². The fraction of sp³-hybridized carbons (Fsp3) is 0.273. The van der Waals surface area contributed by atoms with Crippen LogP contribution >= 0.6 is 0 Å². The van der Waals surface area contributed by atoms with Crippen LogP contribution in [0, 0.1) is 6.92 Å². The molecule has 1 aliphatic heterocycles. The Morgan fingerprint density at radius 2 is 2.06 bits per heavy atom. The van der Waals surface area contributed by atoms with Gasteiger partial charge in [0.25, 0.3) is 5.91 Å². The van der Waals surface area contributed by atoms with Gasteiger partial charge in [0.2, 0.25) is 0 Å². The first kappa shape index (κ1) is 10.5. The van der Waals surface area contributed by atoms with Crippen LogP contribution in [0.5, 0.6) is 5.75 Å². The van der Waals surface area contributed by atoms with Crippen molar-refractivity contribution in [2.24, 2.45) is 0 Å². The van der Waals surface area contributed by atoms with Crippen molar-refractivity contribution in [3.8, 4) is 5.75 Å². The molecule has 5 heteroatoms. The van der Waals surface area contributed by atoms with Crippen LogP contribution in [0.15, 0.2) is 18.2 Å². The summed E-state index contributed by atoms with van der Waals surface area (Å²) in [6.07, 6.45) is 0. The number of amides is 3. The summed E-state index contributed by atoms with van der Waals surface area (Å²) in [5.74, 6) is 0.433. The number of imide groups is 1. The maximum atomic E-state index is 11.4. The van der Waals surface area contributed by atoms with Crippen LogP contribution in [-0.4, -0.2) is 19.0 Å². The minimum Gasteiger partial charge on any atom is -0.496 e.